The molecule has 1 saturated heterocycles. The third kappa shape index (κ3) is 5.81. The average Bonchev–Trinajstić information content (AvgIpc) is 2.97. The van der Waals surface area contributed by atoms with Gasteiger partial charge in [-0.05, 0) is 41.8 Å². The summed E-state index contributed by atoms with van der Waals surface area (Å²) in [4.78, 5) is 0. The predicted molar refractivity (Wildman–Crippen MR) is 146 cm³/mol. The van der Waals surface area contributed by atoms with E-state index in [9.17, 15) is 46.0 Å². The zero-order chi connectivity index (χ0) is 30.1. The summed E-state index contributed by atoms with van der Waals surface area (Å²) in [5, 5.41) is 91.9. The number of aromatic hydroxyl groups is 4. The topological polar surface area (TPSA) is 210 Å². The van der Waals surface area contributed by atoms with Crippen LogP contribution in [0.5, 0.6) is 34.5 Å². The molecule has 9 N–H and O–H groups in total. The van der Waals surface area contributed by atoms with Gasteiger partial charge in [-0.1, -0.05) is 30.4 Å². The van der Waals surface area contributed by atoms with Crippen LogP contribution in [-0.4, -0.2) is 89.4 Å². The average molecular weight is 585 g/mol. The standard InChI is InChI=1S/C30H32O12/c31-13-24-26(37)27(38)28(39)30(42-24)41-22-12-23-18(11-21(35)29(40-23)15-6-9-19(33)20(34)10-15)25(36)17(22)3-1-2-14-4-7-16(32)8-5-14/h1-2,4-10,12,21,24,26-39H,3,11,13H2/b2-1+/t21-,24?,26+,27-,28?,29+,30+/m0/s1. The molecule has 0 saturated carbocycles. The Balaban J connectivity index is 1.51. The van der Waals surface area contributed by atoms with E-state index in [2.05, 4.69) is 0 Å². The first-order valence-electron chi connectivity index (χ1n) is 13.2. The maximum atomic E-state index is 11.3. The van der Waals surface area contributed by atoms with Gasteiger partial charge in [0, 0.05) is 23.6 Å². The molecule has 12 nitrogen and oxygen atoms in total. The molecule has 7 atom stereocenters. The molecule has 1 fully saturated rings. The van der Waals surface area contributed by atoms with E-state index in [1.165, 1.54) is 36.4 Å². The number of phenols is 4. The van der Waals surface area contributed by atoms with E-state index >= 15 is 0 Å². The normalized spacial score (nSPS) is 27.4. The van der Waals surface area contributed by atoms with Crippen molar-refractivity contribution in [3.05, 3.63) is 76.9 Å². The van der Waals surface area contributed by atoms with Crippen LogP contribution in [0.3, 0.4) is 0 Å². The molecule has 0 spiro atoms. The molecule has 0 aliphatic carbocycles. The van der Waals surface area contributed by atoms with Crippen LogP contribution in [0.1, 0.15) is 28.4 Å². The zero-order valence-corrected chi connectivity index (χ0v) is 22.2. The van der Waals surface area contributed by atoms with Crippen LogP contribution in [0.4, 0.5) is 0 Å². The summed E-state index contributed by atoms with van der Waals surface area (Å²) >= 11 is 0. The summed E-state index contributed by atoms with van der Waals surface area (Å²) in [6.45, 7) is -0.662. The van der Waals surface area contributed by atoms with Gasteiger partial charge < -0.3 is 60.2 Å². The number of aliphatic hydroxyl groups is 5. The quantitative estimate of drug-likeness (QED) is 0.178. The van der Waals surface area contributed by atoms with Crippen molar-refractivity contribution < 1.29 is 60.2 Å². The lowest BCUT2D eigenvalue weighted by atomic mass is 9.91. The van der Waals surface area contributed by atoms with Crippen molar-refractivity contribution >= 4 is 6.08 Å². The van der Waals surface area contributed by atoms with E-state index in [4.69, 9.17) is 14.2 Å². The Labute approximate surface area is 240 Å². The summed E-state index contributed by atoms with van der Waals surface area (Å²) in [6, 6.07) is 11.8. The maximum absolute atomic E-state index is 11.3. The van der Waals surface area contributed by atoms with E-state index in [1.807, 2.05) is 0 Å². The SMILES string of the molecule is OCC1O[C@@H](Oc2cc3c(c(O)c2C/C=C/c2ccc(O)cc2)C[C@H](O)[C@@H](c2ccc(O)c(O)c2)O3)C(O)[C@@H](O)[C@@H]1O. The minimum Gasteiger partial charge on any atom is -0.508 e. The Bertz CT molecular complexity index is 1440. The number of phenolic OH excluding ortho intramolecular Hbond substituents is 4. The first kappa shape index (κ1) is 29.5. The highest BCUT2D eigenvalue weighted by atomic mass is 16.7. The highest BCUT2D eigenvalue weighted by molar-refractivity contribution is 5.60. The van der Waals surface area contributed by atoms with Crippen LogP contribution in [0, 0.1) is 0 Å². The molecule has 0 aromatic heterocycles. The number of hydrogen-bond acceptors (Lipinski definition) is 12. The molecule has 0 amide bonds. The van der Waals surface area contributed by atoms with E-state index in [-0.39, 0.29) is 52.7 Å². The van der Waals surface area contributed by atoms with Crippen molar-refractivity contribution in [3.8, 4) is 34.5 Å². The van der Waals surface area contributed by atoms with Crippen molar-refractivity contribution in [1.29, 1.82) is 0 Å². The van der Waals surface area contributed by atoms with Crippen molar-refractivity contribution in [3.63, 3.8) is 0 Å². The Morgan fingerprint density at radius 2 is 1.60 bits per heavy atom. The minimum absolute atomic E-state index is 0.00497. The van der Waals surface area contributed by atoms with Crippen LogP contribution in [0.2, 0.25) is 0 Å². The van der Waals surface area contributed by atoms with Crippen LogP contribution in [0.15, 0.2) is 54.6 Å². The van der Waals surface area contributed by atoms with Crippen molar-refractivity contribution in [2.75, 3.05) is 6.61 Å². The lowest BCUT2D eigenvalue weighted by Crippen LogP contribution is -2.60. The first-order valence-corrected chi connectivity index (χ1v) is 13.2. The molecule has 5 rings (SSSR count). The van der Waals surface area contributed by atoms with Gasteiger partial charge in [-0.25, -0.2) is 0 Å². The van der Waals surface area contributed by atoms with E-state index in [1.54, 1.807) is 24.3 Å². The third-order valence-electron chi connectivity index (χ3n) is 7.39. The van der Waals surface area contributed by atoms with E-state index < -0.39 is 55.3 Å². The van der Waals surface area contributed by atoms with Crippen molar-refractivity contribution in [2.45, 2.75) is 55.8 Å². The van der Waals surface area contributed by atoms with Gasteiger partial charge in [0.2, 0.25) is 6.29 Å². The van der Waals surface area contributed by atoms with Crippen LogP contribution in [0.25, 0.3) is 6.08 Å². The van der Waals surface area contributed by atoms with Gasteiger partial charge in [-0.3, -0.25) is 0 Å². The number of fused-ring (bicyclic) bond motifs is 1. The summed E-state index contributed by atoms with van der Waals surface area (Å²) in [6.07, 6.45) is -6.37. The third-order valence-corrected chi connectivity index (χ3v) is 7.39. The highest BCUT2D eigenvalue weighted by Gasteiger charge is 2.45. The maximum Gasteiger partial charge on any atom is 0.229 e. The van der Waals surface area contributed by atoms with Gasteiger partial charge >= 0.3 is 0 Å². The van der Waals surface area contributed by atoms with Gasteiger partial charge in [-0.2, -0.15) is 0 Å². The molecule has 3 aromatic carbocycles. The van der Waals surface area contributed by atoms with Crippen LogP contribution < -0.4 is 9.47 Å². The molecule has 0 bridgehead atoms. The van der Waals surface area contributed by atoms with Gasteiger partial charge in [0.05, 0.1) is 12.7 Å². The van der Waals surface area contributed by atoms with Gasteiger partial charge in [0.25, 0.3) is 0 Å². The number of allylic oxidation sites excluding steroid dienone is 1. The van der Waals surface area contributed by atoms with E-state index in [0.29, 0.717) is 5.56 Å². The second-order valence-electron chi connectivity index (χ2n) is 10.2. The smallest absolute Gasteiger partial charge is 0.229 e. The molecule has 0 radical (unpaired) electrons. The number of rotatable bonds is 7. The molecular formula is C30H32O12. The summed E-state index contributed by atoms with van der Waals surface area (Å²) in [5.41, 5.74) is 1.63. The van der Waals surface area contributed by atoms with Crippen LogP contribution in [-0.2, 0) is 17.6 Å². The minimum atomic E-state index is -1.71. The predicted octanol–water partition coefficient (Wildman–Crippen LogP) is 0.981. The second-order valence-corrected chi connectivity index (χ2v) is 10.2. The molecule has 3 aromatic rings. The molecule has 2 aliphatic heterocycles. The Morgan fingerprint density at radius 1 is 0.857 bits per heavy atom. The summed E-state index contributed by atoms with van der Waals surface area (Å²) in [7, 11) is 0. The molecule has 42 heavy (non-hydrogen) atoms. The molecule has 224 valence electrons. The van der Waals surface area contributed by atoms with Gasteiger partial charge in [0.15, 0.2) is 11.5 Å². The Hall–Kier alpha value is -4.04. The van der Waals surface area contributed by atoms with Crippen LogP contribution >= 0.6 is 0 Å². The van der Waals surface area contributed by atoms with Gasteiger partial charge in [-0.15, -0.1) is 0 Å². The van der Waals surface area contributed by atoms with Crippen molar-refractivity contribution in [1.82, 2.24) is 0 Å². The number of ether oxygens (including phenoxy) is 3. The summed E-state index contributed by atoms with van der Waals surface area (Å²) < 4.78 is 17.4. The fourth-order valence-electron chi connectivity index (χ4n) is 5.04. The molecule has 12 heteroatoms. The van der Waals surface area contributed by atoms with Crippen molar-refractivity contribution in [2.24, 2.45) is 0 Å². The number of aliphatic hydroxyl groups excluding tert-OH is 5. The number of benzene rings is 3. The highest BCUT2D eigenvalue weighted by Crippen LogP contribution is 2.46. The lowest BCUT2D eigenvalue weighted by Gasteiger charge is -2.40. The Morgan fingerprint density at radius 3 is 2.29 bits per heavy atom. The largest absolute Gasteiger partial charge is 0.508 e. The molecule has 2 heterocycles. The zero-order valence-electron chi connectivity index (χ0n) is 22.2. The summed E-state index contributed by atoms with van der Waals surface area (Å²) in [5.74, 6) is -0.778. The number of hydrogen-bond donors (Lipinski definition) is 9. The Kier molecular flexibility index (Phi) is 8.45. The molecule has 2 aliphatic rings. The van der Waals surface area contributed by atoms with Gasteiger partial charge in [0.1, 0.15) is 53.5 Å². The molecule has 2 unspecified atom stereocenters. The monoisotopic (exact) mass is 584 g/mol. The fraction of sp³-hybridized carbons (Fsp3) is 0.333. The van der Waals surface area contributed by atoms with E-state index in [0.717, 1.165) is 5.56 Å². The first-order chi connectivity index (χ1) is 20.1. The lowest BCUT2D eigenvalue weighted by molar-refractivity contribution is -0.277. The molecular weight excluding hydrogens is 552 g/mol. The second kappa shape index (κ2) is 12.1. The fourth-order valence-corrected chi connectivity index (χ4v) is 5.04.